The molecule has 0 atom stereocenters. The molecule has 27 heavy (non-hydrogen) atoms. The first-order chi connectivity index (χ1) is 13.0. The van der Waals surface area contributed by atoms with Crippen LogP contribution in [0.15, 0.2) is 30.3 Å². The lowest BCUT2D eigenvalue weighted by Gasteiger charge is -2.18. The van der Waals surface area contributed by atoms with Crippen molar-refractivity contribution >= 4 is 22.8 Å². The second kappa shape index (κ2) is 10.2. The van der Waals surface area contributed by atoms with Gasteiger partial charge in [-0.05, 0) is 25.8 Å². The van der Waals surface area contributed by atoms with Gasteiger partial charge < -0.3 is 9.47 Å². The number of carbonyl (C=O) groups is 2. The number of thioether (sulfide) groups is 1. The molecule has 0 saturated carbocycles. The van der Waals surface area contributed by atoms with Crippen LogP contribution in [0.4, 0.5) is 0 Å². The zero-order chi connectivity index (χ0) is 19.8. The third-order valence-electron chi connectivity index (χ3n) is 4.09. The number of ether oxygens (including phenoxy) is 2. The minimum absolute atomic E-state index is 0.0981. The lowest BCUT2D eigenvalue weighted by Crippen LogP contribution is -2.17. The fourth-order valence-corrected chi connectivity index (χ4v) is 3.76. The molecule has 0 spiro atoms. The zero-order valence-corrected chi connectivity index (χ0v) is 17.0. The van der Waals surface area contributed by atoms with Crippen LogP contribution in [0.2, 0.25) is 0 Å². The van der Waals surface area contributed by atoms with Crippen LogP contribution in [0.1, 0.15) is 45.8 Å². The van der Waals surface area contributed by atoms with E-state index in [1.807, 2.05) is 44.2 Å². The highest BCUT2D eigenvalue weighted by atomic mass is 32.2. The van der Waals surface area contributed by atoms with Gasteiger partial charge in [-0.2, -0.15) is 0 Å². The quantitative estimate of drug-likeness (QED) is 0.497. The molecule has 0 fully saturated rings. The number of aromatic nitrogens is 1. The minimum Gasteiger partial charge on any atom is -0.462 e. The summed E-state index contributed by atoms with van der Waals surface area (Å²) in [5.74, 6) is 0.101. The fraction of sp³-hybridized carbons (Fsp3) is 0.381. The van der Waals surface area contributed by atoms with Crippen LogP contribution in [0.3, 0.4) is 0 Å². The highest BCUT2D eigenvalue weighted by molar-refractivity contribution is 8.14. The van der Waals surface area contributed by atoms with Gasteiger partial charge in [-0.3, -0.25) is 9.78 Å². The summed E-state index contributed by atoms with van der Waals surface area (Å²) < 4.78 is 10.3. The molecule has 0 aliphatic rings. The molecule has 144 valence electrons. The number of nitrogens with zero attached hydrogens (tertiary/aromatic N) is 1. The molecule has 0 N–H and O–H groups in total. The van der Waals surface area contributed by atoms with Gasteiger partial charge in [0.1, 0.15) is 0 Å². The van der Waals surface area contributed by atoms with Crippen LogP contribution in [0.5, 0.6) is 0 Å². The number of hydrogen-bond donors (Lipinski definition) is 0. The number of benzene rings is 1. The Bertz CT molecular complexity index is 806. The summed E-state index contributed by atoms with van der Waals surface area (Å²) in [6, 6.07) is 9.50. The normalized spacial score (nSPS) is 10.7. The fourth-order valence-electron chi connectivity index (χ4n) is 2.91. The number of hydrogen-bond acceptors (Lipinski definition) is 6. The molecule has 2 aromatic rings. The van der Waals surface area contributed by atoms with Gasteiger partial charge >= 0.3 is 5.97 Å². The molecular formula is C21H25NO4S. The topological polar surface area (TPSA) is 65.5 Å². The molecule has 0 aliphatic heterocycles. The summed E-state index contributed by atoms with van der Waals surface area (Å²) in [6.45, 7) is 6.25. The average Bonchev–Trinajstić information content (AvgIpc) is 2.67. The molecule has 0 amide bonds. The Labute approximate surface area is 164 Å². The van der Waals surface area contributed by atoms with Crippen LogP contribution in [0, 0.1) is 6.92 Å². The van der Waals surface area contributed by atoms with Crippen LogP contribution in [-0.2, 0) is 15.9 Å². The van der Waals surface area contributed by atoms with Gasteiger partial charge in [0.2, 0.25) is 5.12 Å². The van der Waals surface area contributed by atoms with E-state index in [9.17, 15) is 9.59 Å². The van der Waals surface area contributed by atoms with E-state index in [0.717, 1.165) is 5.56 Å². The molecule has 0 saturated heterocycles. The van der Waals surface area contributed by atoms with Crippen molar-refractivity contribution in [1.29, 1.82) is 0 Å². The molecule has 2 rings (SSSR count). The van der Waals surface area contributed by atoms with E-state index in [1.54, 1.807) is 14.0 Å². The Kier molecular flexibility index (Phi) is 8.00. The van der Waals surface area contributed by atoms with E-state index in [-0.39, 0.29) is 11.7 Å². The van der Waals surface area contributed by atoms with Gasteiger partial charge in [0.05, 0.1) is 35.7 Å². The van der Waals surface area contributed by atoms with Crippen molar-refractivity contribution in [3.63, 3.8) is 0 Å². The Morgan fingerprint density at radius 1 is 1.11 bits per heavy atom. The molecule has 0 radical (unpaired) electrons. The number of carbonyl (C=O) groups excluding carboxylic acids is 2. The van der Waals surface area contributed by atoms with Crippen molar-refractivity contribution in [2.24, 2.45) is 0 Å². The summed E-state index contributed by atoms with van der Waals surface area (Å²) in [7, 11) is 1.60. The lowest BCUT2D eigenvalue weighted by atomic mass is 9.94. The molecular weight excluding hydrogens is 362 g/mol. The molecule has 5 nitrogen and oxygen atoms in total. The number of rotatable bonds is 8. The van der Waals surface area contributed by atoms with Crippen LogP contribution in [-0.4, -0.2) is 42.1 Å². The summed E-state index contributed by atoms with van der Waals surface area (Å²) in [5.41, 5.74) is 3.57. The van der Waals surface area contributed by atoms with Crippen molar-refractivity contribution in [2.75, 3.05) is 26.1 Å². The van der Waals surface area contributed by atoms with Gasteiger partial charge in [0, 0.05) is 18.4 Å². The number of aryl methyl sites for hydroxylation is 1. The first-order valence-corrected chi connectivity index (χ1v) is 9.95. The standard InChI is InChI=1S/C21H25NO4S/c1-5-16-17(21(24)27-13-12-25-4)14(3)22-19(15-10-8-7-9-11-15)18(16)20(23)26-6-2/h7-11H,5-6,12-13H2,1-4H3. The smallest absolute Gasteiger partial charge is 0.340 e. The monoisotopic (exact) mass is 387 g/mol. The van der Waals surface area contributed by atoms with Crippen LogP contribution in [0.25, 0.3) is 11.3 Å². The maximum atomic E-state index is 12.8. The van der Waals surface area contributed by atoms with Crippen molar-refractivity contribution in [3.8, 4) is 11.3 Å². The number of methoxy groups -OCH3 is 1. The van der Waals surface area contributed by atoms with Gasteiger partial charge in [-0.1, -0.05) is 49.0 Å². The highest BCUT2D eigenvalue weighted by Crippen LogP contribution is 2.31. The van der Waals surface area contributed by atoms with Crippen LogP contribution >= 0.6 is 11.8 Å². The van der Waals surface area contributed by atoms with E-state index in [2.05, 4.69) is 4.98 Å². The Balaban J connectivity index is 2.65. The zero-order valence-electron chi connectivity index (χ0n) is 16.2. The molecule has 0 aliphatic carbocycles. The van der Waals surface area contributed by atoms with E-state index in [0.29, 0.717) is 46.9 Å². The lowest BCUT2D eigenvalue weighted by molar-refractivity contribution is 0.0525. The second-order valence-corrected chi connectivity index (χ2v) is 6.91. The summed E-state index contributed by atoms with van der Waals surface area (Å²) in [5, 5.41) is -0.0981. The predicted molar refractivity (Wildman–Crippen MR) is 108 cm³/mol. The molecule has 1 aromatic carbocycles. The van der Waals surface area contributed by atoms with Crippen molar-refractivity contribution in [2.45, 2.75) is 27.2 Å². The maximum absolute atomic E-state index is 12.8. The molecule has 0 unspecified atom stereocenters. The van der Waals surface area contributed by atoms with E-state index in [1.165, 1.54) is 11.8 Å². The van der Waals surface area contributed by atoms with E-state index >= 15 is 0 Å². The van der Waals surface area contributed by atoms with Crippen LogP contribution < -0.4 is 0 Å². The van der Waals surface area contributed by atoms with Crippen molar-refractivity contribution in [1.82, 2.24) is 4.98 Å². The molecule has 6 heteroatoms. The second-order valence-electron chi connectivity index (χ2n) is 5.84. The molecule has 1 aromatic heterocycles. The highest BCUT2D eigenvalue weighted by Gasteiger charge is 2.27. The third-order valence-corrected chi connectivity index (χ3v) is 4.92. The molecule has 0 bridgehead atoms. The van der Waals surface area contributed by atoms with E-state index in [4.69, 9.17) is 9.47 Å². The maximum Gasteiger partial charge on any atom is 0.340 e. The summed E-state index contributed by atoms with van der Waals surface area (Å²) >= 11 is 1.18. The first kappa shape index (κ1) is 21.1. The number of esters is 1. The van der Waals surface area contributed by atoms with Gasteiger partial charge in [-0.25, -0.2) is 4.79 Å². The first-order valence-electron chi connectivity index (χ1n) is 8.97. The van der Waals surface area contributed by atoms with Crippen molar-refractivity contribution in [3.05, 3.63) is 52.7 Å². The van der Waals surface area contributed by atoms with Gasteiger partial charge in [0.25, 0.3) is 0 Å². The van der Waals surface area contributed by atoms with Gasteiger partial charge in [-0.15, -0.1) is 0 Å². The van der Waals surface area contributed by atoms with E-state index < -0.39 is 5.97 Å². The summed E-state index contributed by atoms with van der Waals surface area (Å²) in [6.07, 6.45) is 0.531. The predicted octanol–water partition coefficient (Wildman–Crippen LogP) is 4.32. The third kappa shape index (κ3) is 4.96. The number of pyridine rings is 1. The van der Waals surface area contributed by atoms with Crippen molar-refractivity contribution < 1.29 is 19.1 Å². The SMILES string of the molecule is CCOC(=O)c1c(-c2ccccc2)nc(C)c(C(=O)SCCOC)c1CC. The largest absolute Gasteiger partial charge is 0.462 e. The van der Waals surface area contributed by atoms with Gasteiger partial charge in [0.15, 0.2) is 0 Å². The summed E-state index contributed by atoms with van der Waals surface area (Å²) in [4.78, 5) is 30.2. The Hall–Kier alpha value is -2.18. The Morgan fingerprint density at radius 2 is 1.81 bits per heavy atom. The molecule has 1 heterocycles. The average molecular weight is 388 g/mol. The Morgan fingerprint density at radius 3 is 2.41 bits per heavy atom. The minimum atomic E-state index is -0.448.